The van der Waals surface area contributed by atoms with Gasteiger partial charge in [-0.1, -0.05) is 29.3 Å². The van der Waals surface area contributed by atoms with Gasteiger partial charge in [0.15, 0.2) is 0 Å². The van der Waals surface area contributed by atoms with E-state index in [-0.39, 0.29) is 10.6 Å². The van der Waals surface area contributed by atoms with Crippen LogP contribution < -0.4 is 0 Å². The monoisotopic (exact) mass is 323 g/mol. The van der Waals surface area contributed by atoms with Crippen molar-refractivity contribution in [2.24, 2.45) is 0 Å². The van der Waals surface area contributed by atoms with Crippen LogP contribution in [0.15, 0.2) is 28.5 Å². The lowest BCUT2D eigenvalue weighted by atomic mass is 10.1. The quantitative estimate of drug-likeness (QED) is 0.495. The molecule has 2 rings (SSSR count). The van der Waals surface area contributed by atoms with Gasteiger partial charge in [-0.3, -0.25) is 10.1 Å². The standard InChI is InChI=1S/C15H17NO3S2/c1-9-4-10(2)6-12(5-9)8-20-15-13(16(18)19)7-14(21-15)11(3)17/h4-7,11,17H,8H2,1-3H3. The van der Waals surface area contributed by atoms with Crippen LogP contribution in [0.2, 0.25) is 0 Å². The summed E-state index contributed by atoms with van der Waals surface area (Å²) in [6, 6.07) is 7.76. The van der Waals surface area contributed by atoms with E-state index in [0.717, 1.165) is 5.56 Å². The van der Waals surface area contributed by atoms with Crippen LogP contribution in [0.1, 0.15) is 34.6 Å². The topological polar surface area (TPSA) is 63.4 Å². The summed E-state index contributed by atoms with van der Waals surface area (Å²) in [5.41, 5.74) is 3.62. The number of aliphatic hydroxyl groups is 1. The van der Waals surface area contributed by atoms with Crippen molar-refractivity contribution in [2.45, 2.75) is 36.8 Å². The van der Waals surface area contributed by atoms with Crippen LogP contribution in [-0.4, -0.2) is 10.0 Å². The summed E-state index contributed by atoms with van der Waals surface area (Å²) in [6.45, 7) is 5.70. The molecule has 0 saturated carbocycles. The van der Waals surface area contributed by atoms with Gasteiger partial charge in [0.05, 0.1) is 11.0 Å². The van der Waals surface area contributed by atoms with Gasteiger partial charge >= 0.3 is 0 Å². The largest absolute Gasteiger partial charge is 0.388 e. The number of hydrogen-bond donors (Lipinski definition) is 1. The highest BCUT2D eigenvalue weighted by Crippen LogP contribution is 2.41. The van der Waals surface area contributed by atoms with Crippen molar-refractivity contribution in [2.75, 3.05) is 0 Å². The van der Waals surface area contributed by atoms with E-state index in [1.54, 1.807) is 6.92 Å². The Labute approximate surface area is 132 Å². The minimum atomic E-state index is -0.677. The van der Waals surface area contributed by atoms with Crippen molar-refractivity contribution < 1.29 is 10.0 Å². The van der Waals surface area contributed by atoms with E-state index < -0.39 is 6.10 Å². The predicted molar refractivity (Wildman–Crippen MR) is 87.1 cm³/mol. The summed E-state index contributed by atoms with van der Waals surface area (Å²) in [7, 11) is 0. The Balaban J connectivity index is 2.20. The second-order valence-electron chi connectivity index (χ2n) is 5.04. The summed E-state index contributed by atoms with van der Waals surface area (Å²) in [4.78, 5) is 11.3. The van der Waals surface area contributed by atoms with Crippen LogP contribution in [0.3, 0.4) is 0 Å². The molecular formula is C15H17NO3S2. The molecule has 0 bridgehead atoms. The molecule has 112 valence electrons. The number of aryl methyl sites for hydroxylation is 2. The van der Waals surface area contributed by atoms with E-state index in [9.17, 15) is 15.2 Å². The van der Waals surface area contributed by atoms with Crippen LogP contribution in [0.4, 0.5) is 5.69 Å². The highest BCUT2D eigenvalue weighted by molar-refractivity contribution is 8.00. The number of benzene rings is 1. The minimum Gasteiger partial charge on any atom is -0.388 e. The number of thiophene rings is 1. The molecule has 0 saturated heterocycles. The highest BCUT2D eigenvalue weighted by Gasteiger charge is 2.21. The third kappa shape index (κ3) is 4.06. The molecule has 0 aliphatic carbocycles. The number of thioether (sulfide) groups is 1. The molecule has 0 spiro atoms. The maximum Gasteiger partial charge on any atom is 0.294 e. The second-order valence-corrected chi connectivity index (χ2v) is 7.37. The van der Waals surface area contributed by atoms with Gasteiger partial charge in [0.25, 0.3) is 5.69 Å². The molecule has 2 aromatic rings. The maximum atomic E-state index is 11.1. The first kappa shape index (κ1) is 16.0. The first-order valence-electron chi connectivity index (χ1n) is 6.53. The highest BCUT2D eigenvalue weighted by atomic mass is 32.2. The molecule has 0 aliphatic rings. The molecule has 1 unspecified atom stereocenters. The zero-order valence-electron chi connectivity index (χ0n) is 12.1. The van der Waals surface area contributed by atoms with E-state index in [2.05, 4.69) is 18.2 Å². The first-order valence-corrected chi connectivity index (χ1v) is 8.33. The van der Waals surface area contributed by atoms with Crippen LogP contribution in [0, 0.1) is 24.0 Å². The Morgan fingerprint density at radius 2 is 1.90 bits per heavy atom. The SMILES string of the molecule is Cc1cc(C)cc(CSc2sc(C(C)O)cc2[N+](=O)[O-])c1. The molecule has 6 heteroatoms. The first-order chi connectivity index (χ1) is 9.86. The van der Waals surface area contributed by atoms with Gasteiger partial charge in [0, 0.05) is 16.7 Å². The van der Waals surface area contributed by atoms with Crippen molar-refractivity contribution in [3.8, 4) is 0 Å². The average Bonchev–Trinajstić information content (AvgIpc) is 2.79. The van der Waals surface area contributed by atoms with E-state index in [0.29, 0.717) is 14.8 Å². The minimum absolute atomic E-state index is 0.0882. The van der Waals surface area contributed by atoms with Gasteiger partial charge in [-0.15, -0.1) is 23.1 Å². The second kappa shape index (κ2) is 6.60. The fourth-order valence-corrected chi connectivity index (χ4v) is 4.36. The third-order valence-electron chi connectivity index (χ3n) is 2.96. The number of nitro groups is 1. The molecule has 1 heterocycles. The fraction of sp³-hybridized carbons (Fsp3) is 0.333. The Kier molecular flexibility index (Phi) is 5.03. The number of nitrogens with zero attached hydrogens (tertiary/aromatic N) is 1. The van der Waals surface area contributed by atoms with Crippen molar-refractivity contribution in [3.63, 3.8) is 0 Å². The lowest BCUT2D eigenvalue weighted by Gasteiger charge is -2.04. The zero-order valence-corrected chi connectivity index (χ0v) is 13.8. The summed E-state index contributed by atoms with van der Waals surface area (Å²) in [6.07, 6.45) is -0.677. The normalized spacial score (nSPS) is 12.4. The van der Waals surface area contributed by atoms with Crippen molar-refractivity contribution >= 4 is 28.8 Å². The molecule has 4 nitrogen and oxygen atoms in total. The molecular weight excluding hydrogens is 306 g/mol. The van der Waals surface area contributed by atoms with Crippen LogP contribution >= 0.6 is 23.1 Å². The summed E-state index contributed by atoms with van der Waals surface area (Å²) in [5, 5.41) is 20.7. The molecule has 1 aromatic carbocycles. The summed E-state index contributed by atoms with van der Waals surface area (Å²) < 4.78 is 0.648. The zero-order chi connectivity index (χ0) is 15.6. The maximum absolute atomic E-state index is 11.1. The lowest BCUT2D eigenvalue weighted by molar-refractivity contribution is -0.387. The van der Waals surface area contributed by atoms with E-state index in [4.69, 9.17) is 0 Å². The molecule has 0 radical (unpaired) electrons. The smallest absolute Gasteiger partial charge is 0.294 e. The Morgan fingerprint density at radius 1 is 1.29 bits per heavy atom. The van der Waals surface area contributed by atoms with E-state index in [1.165, 1.54) is 40.3 Å². The van der Waals surface area contributed by atoms with Crippen molar-refractivity contribution in [3.05, 3.63) is 55.9 Å². The fourth-order valence-electron chi connectivity index (χ4n) is 2.12. The van der Waals surface area contributed by atoms with Gasteiger partial charge in [0.1, 0.15) is 4.21 Å². The van der Waals surface area contributed by atoms with Crippen LogP contribution in [0.25, 0.3) is 0 Å². The predicted octanol–water partition coefficient (Wildman–Crippen LogP) is 4.62. The van der Waals surface area contributed by atoms with Crippen LogP contribution in [0.5, 0.6) is 0 Å². The Hall–Kier alpha value is -1.37. The molecule has 1 aromatic heterocycles. The Bertz CT molecular complexity index is 645. The van der Waals surface area contributed by atoms with Gasteiger partial charge < -0.3 is 5.11 Å². The van der Waals surface area contributed by atoms with Crippen LogP contribution in [-0.2, 0) is 5.75 Å². The molecule has 0 fully saturated rings. The van der Waals surface area contributed by atoms with Gasteiger partial charge in [-0.2, -0.15) is 0 Å². The van der Waals surface area contributed by atoms with Crippen molar-refractivity contribution in [1.82, 2.24) is 0 Å². The molecule has 0 amide bonds. The lowest BCUT2D eigenvalue weighted by Crippen LogP contribution is -1.88. The van der Waals surface area contributed by atoms with Gasteiger partial charge in [-0.05, 0) is 26.3 Å². The van der Waals surface area contributed by atoms with Crippen molar-refractivity contribution in [1.29, 1.82) is 0 Å². The number of rotatable bonds is 5. The van der Waals surface area contributed by atoms with E-state index in [1.807, 2.05) is 13.8 Å². The molecule has 1 N–H and O–H groups in total. The molecule has 0 aliphatic heterocycles. The molecule has 21 heavy (non-hydrogen) atoms. The van der Waals surface area contributed by atoms with Gasteiger partial charge in [-0.25, -0.2) is 0 Å². The summed E-state index contributed by atoms with van der Waals surface area (Å²) >= 11 is 2.74. The third-order valence-corrected chi connectivity index (χ3v) is 5.60. The summed E-state index contributed by atoms with van der Waals surface area (Å²) in [5.74, 6) is 0.684. The van der Waals surface area contributed by atoms with Gasteiger partial charge in [0.2, 0.25) is 0 Å². The number of aliphatic hydroxyl groups excluding tert-OH is 1. The average molecular weight is 323 g/mol. The van der Waals surface area contributed by atoms with E-state index >= 15 is 0 Å². The molecule has 1 atom stereocenters. The number of hydrogen-bond acceptors (Lipinski definition) is 5. The Morgan fingerprint density at radius 3 is 2.43 bits per heavy atom.